The van der Waals surface area contributed by atoms with E-state index in [4.69, 9.17) is 17.0 Å². The number of fused-ring (bicyclic) bond motifs is 3. The number of thiocarbonyl (C=S) groups is 1. The van der Waals surface area contributed by atoms with Crippen LogP contribution in [-0.2, 0) is 4.74 Å². The van der Waals surface area contributed by atoms with Gasteiger partial charge >= 0.3 is 0 Å². The molecule has 1 amide bonds. The van der Waals surface area contributed by atoms with E-state index >= 15 is 0 Å². The van der Waals surface area contributed by atoms with Crippen LogP contribution in [0.4, 0.5) is 0 Å². The molecule has 158 valence electrons. The van der Waals surface area contributed by atoms with E-state index in [1.54, 1.807) is 12.3 Å². The monoisotopic (exact) mass is 426 g/mol. The number of ether oxygens (including phenoxy) is 1. The van der Waals surface area contributed by atoms with E-state index < -0.39 is 0 Å². The van der Waals surface area contributed by atoms with Crippen molar-refractivity contribution >= 4 is 45.0 Å². The zero-order valence-electron chi connectivity index (χ0n) is 16.7. The maximum atomic E-state index is 12.5. The molecule has 30 heavy (non-hydrogen) atoms. The quantitative estimate of drug-likeness (QED) is 0.272. The molecule has 1 saturated heterocycles. The number of amides is 1. The number of benzene rings is 1. The minimum absolute atomic E-state index is 0.327. The number of morpholine rings is 1. The fraction of sp³-hybridized carbons (Fsp3) is 0.381. The number of carbonyl (C=O) groups excluding carboxylic acids is 1. The summed E-state index contributed by atoms with van der Waals surface area (Å²) in [7, 11) is 0. The van der Waals surface area contributed by atoms with Crippen LogP contribution < -0.4 is 16.2 Å². The highest BCUT2D eigenvalue weighted by Crippen LogP contribution is 2.24. The van der Waals surface area contributed by atoms with Gasteiger partial charge in [-0.1, -0.05) is 18.2 Å². The van der Waals surface area contributed by atoms with Crippen molar-refractivity contribution < 1.29 is 9.53 Å². The SMILES string of the molecule is O=C(NNC(=S)NCCCCN1CCOCC1)c1cc2c(cn1)[nH]c1ccccc12. The normalized spacial score (nSPS) is 14.7. The van der Waals surface area contributed by atoms with Crippen molar-refractivity contribution in [1.82, 2.24) is 31.0 Å². The maximum absolute atomic E-state index is 12.5. The fourth-order valence-electron chi connectivity index (χ4n) is 3.58. The number of pyridine rings is 1. The number of nitrogens with zero attached hydrogens (tertiary/aromatic N) is 2. The zero-order valence-corrected chi connectivity index (χ0v) is 17.6. The molecule has 3 aromatic rings. The molecule has 0 saturated carbocycles. The largest absolute Gasteiger partial charge is 0.379 e. The summed E-state index contributed by atoms with van der Waals surface area (Å²) in [5.41, 5.74) is 7.60. The lowest BCUT2D eigenvalue weighted by atomic mass is 10.1. The minimum Gasteiger partial charge on any atom is -0.379 e. The first-order valence-electron chi connectivity index (χ1n) is 10.2. The van der Waals surface area contributed by atoms with Crippen molar-refractivity contribution in [2.75, 3.05) is 39.4 Å². The summed E-state index contributed by atoms with van der Waals surface area (Å²) in [4.78, 5) is 22.4. The summed E-state index contributed by atoms with van der Waals surface area (Å²) in [6.07, 6.45) is 3.78. The summed E-state index contributed by atoms with van der Waals surface area (Å²) in [6, 6.07) is 9.75. The molecule has 2 aromatic heterocycles. The number of H-pyrrole nitrogens is 1. The van der Waals surface area contributed by atoms with Gasteiger partial charge in [-0.2, -0.15) is 0 Å². The second-order valence-corrected chi connectivity index (χ2v) is 7.69. The Bertz CT molecular complexity index is 1030. The highest BCUT2D eigenvalue weighted by atomic mass is 32.1. The molecule has 1 aliphatic rings. The highest BCUT2D eigenvalue weighted by molar-refractivity contribution is 7.80. The lowest BCUT2D eigenvalue weighted by Crippen LogP contribution is -2.47. The predicted octanol–water partition coefficient (Wildman–Crippen LogP) is 1.94. The Hall–Kier alpha value is -2.75. The zero-order chi connectivity index (χ0) is 20.8. The lowest BCUT2D eigenvalue weighted by molar-refractivity contribution is 0.0372. The minimum atomic E-state index is -0.335. The van der Waals surface area contributed by atoms with E-state index in [1.807, 2.05) is 24.3 Å². The van der Waals surface area contributed by atoms with Crippen LogP contribution in [0.25, 0.3) is 21.8 Å². The number of carbonyl (C=O) groups is 1. The van der Waals surface area contributed by atoms with E-state index in [9.17, 15) is 4.79 Å². The third-order valence-electron chi connectivity index (χ3n) is 5.20. The molecule has 0 radical (unpaired) electrons. The number of hydrogen-bond donors (Lipinski definition) is 4. The van der Waals surface area contributed by atoms with Crippen molar-refractivity contribution in [3.63, 3.8) is 0 Å². The molecule has 9 heteroatoms. The van der Waals surface area contributed by atoms with Crippen LogP contribution in [-0.4, -0.2) is 65.3 Å². The summed E-state index contributed by atoms with van der Waals surface area (Å²) in [5, 5.41) is 5.53. The van der Waals surface area contributed by atoms with Gasteiger partial charge in [-0.05, 0) is 43.7 Å². The van der Waals surface area contributed by atoms with Crippen LogP contribution in [0.2, 0.25) is 0 Å². The molecule has 0 spiro atoms. The van der Waals surface area contributed by atoms with Gasteiger partial charge in [0, 0.05) is 35.9 Å². The first-order valence-corrected chi connectivity index (χ1v) is 10.6. The summed E-state index contributed by atoms with van der Waals surface area (Å²) in [5.74, 6) is -0.335. The predicted molar refractivity (Wildman–Crippen MR) is 121 cm³/mol. The first kappa shape index (κ1) is 20.5. The first-order chi connectivity index (χ1) is 14.7. The fourth-order valence-corrected chi connectivity index (χ4v) is 3.74. The standard InChI is InChI=1S/C21H26N6O2S/c28-20(18-13-16-15-5-1-2-6-17(15)24-19(16)14-23-18)25-26-21(30)22-7-3-4-8-27-9-11-29-12-10-27/h1-2,5-6,13-14,24H,3-4,7-12H2,(H,25,28)(H2,22,26,30). The van der Waals surface area contributed by atoms with E-state index in [0.717, 1.165) is 74.0 Å². The van der Waals surface area contributed by atoms with E-state index in [-0.39, 0.29) is 5.91 Å². The molecule has 3 heterocycles. The molecule has 0 unspecified atom stereocenters. The van der Waals surface area contributed by atoms with Gasteiger partial charge in [0.1, 0.15) is 5.69 Å². The molecule has 4 rings (SSSR count). The van der Waals surface area contributed by atoms with Crippen molar-refractivity contribution in [3.8, 4) is 0 Å². The Labute approximate surface area is 180 Å². The number of para-hydroxylation sites is 1. The van der Waals surface area contributed by atoms with E-state index in [2.05, 4.69) is 31.0 Å². The van der Waals surface area contributed by atoms with Crippen molar-refractivity contribution in [1.29, 1.82) is 0 Å². The van der Waals surface area contributed by atoms with Crippen LogP contribution in [0.5, 0.6) is 0 Å². The van der Waals surface area contributed by atoms with Gasteiger partial charge in [-0.3, -0.25) is 20.5 Å². The summed E-state index contributed by atoms with van der Waals surface area (Å²) in [6.45, 7) is 5.51. The third kappa shape index (κ3) is 5.05. The van der Waals surface area contributed by atoms with Gasteiger partial charge in [0.15, 0.2) is 5.11 Å². The van der Waals surface area contributed by atoms with Crippen LogP contribution in [0, 0.1) is 0 Å². The molecular weight excluding hydrogens is 400 g/mol. The number of hydrogen-bond acceptors (Lipinski definition) is 5. The molecule has 4 N–H and O–H groups in total. The number of nitrogens with one attached hydrogen (secondary N) is 4. The Balaban J connectivity index is 1.21. The van der Waals surface area contributed by atoms with E-state index in [0.29, 0.717) is 10.8 Å². The summed E-state index contributed by atoms with van der Waals surface area (Å²) >= 11 is 5.23. The summed E-state index contributed by atoms with van der Waals surface area (Å²) < 4.78 is 5.35. The lowest BCUT2D eigenvalue weighted by Gasteiger charge is -2.26. The Morgan fingerprint density at radius 3 is 2.83 bits per heavy atom. The second-order valence-electron chi connectivity index (χ2n) is 7.28. The van der Waals surface area contributed by atoms with Crippen molar-refractivity contribution in [2.24, 2.45) is 0 Å². The Kier molecular flexibility index (Phi) is 6.73. The Morgan fingerprint density at radius 1 is 1.13 bits per heavy atom. The Morgan fingerprint density at radius 2 is 1.97 bits per heavy atom. The van der Waals surface area contributed by atoms with Crippen LogP contribution in [0.1, 0.15) is 23.3 Å². The molecule has 8 nitrogen and oxygen atoms in total. The van der Waals surface area contributed by atoms with Gasteiger partial charge in [-0.15, -0.1) is 0 Å². The number of aromatic amines is 1. The average Bonchev–Trinajstić information content (AvgIpc) is 3.16. The molecule has 1 aromatic carbocycles. The van der Waals surface area contributed by atoms with Gasteiger partial charge in [0.05, 0.1) is 24.9 Å². The molecule has 1 aliphatic heterocycles. The molecule has 0 bridgehead atoms. The second kappa shape index (κ2) is 9.84. The number of unbranched alkanes of at least 4 members (excludes halogenated alkanes) is 1. The molecule has 0 aliphatic carbocycles. The highest BCUT2D eigenvalue weighted by Gasteiger charge is 2.12. The van der Waals surface area contributed by atoms with Crippen LogP contribution in [0.15, 0.2) is 36.5 Å². The number of hydrazine groups is 1. The maximum Gasteiger partial charge on any atom is 0.288 e. The van der Waals surface area contributed by atoms with Crippen molar-refractivity contribution in [2.45, 2.75) is 12.8 Å². The average molecular weight is 427 g/mol. The van der Waals surface area contributed by atoms with Gasteiger partial charge in [-0.25, -0.2) is 4.98 Å². The van der Waals surface area contributed by atoms with Crippen molar-refractivity contribution in [3.05, 3.63) is 42.2 Å². The van der Waals surface area contributed by atoms with Gasteiger partial charge < -0.3 is 15.0 Å². The van der Waals surface area contributed by atoms with Gasteiger partial charge in [0.25, 0.3) is 5.91 Å². The molecule has 1 fully saturated rings. The number of aromatic nitrogens is 2. The van der Waals surface area contributed by atoms with E-state index in [1.165, 1.54) is 0 Å². The smallest absolute Gasteiger partial charge is 0.288 e. The third-order valence-corrected chi connectivity index (χ3v) is 5.45. The topological polar surface area (TPSA) is 94.3 Å². The number of rotatable bonds is 6. The molecule has 0 atom stereocenters. The van der Waals surface area contributed by atoms with Gasteiger partial charge in [0.2, 0.25) is 0 Å². The van der Waals surface area contributed by atoms with Crippen LogP contribution in [0.3, 0.4) is 0 Å². The van der Waals surface area contributed by atoms with Crippen LogP contribution >= 0.6 is 12.2 Å². The molecular formula is C21H26N6O2S.